The van der Waals surface area contributed by atoms with Gasteiger partial charge in [0, 0.05) is 61.0 Å². The van der Waals surface area contributed by atoms with E-state index in [1.165, 1.54) is 12.0 Å². The largest absolute Gasteiger partial charge is 0.298 e. The highest BCUT2D eigenvalue weighted by Crippen LogP contribution is 2.27. The lowest BCUT2D eigenvalue weighted by molar-refractivity contribution is 0.196. The zero-order valence-electron chi connectivity index (χ0n) is 17.5. The van der Waals surface area contributed by atoms with Crippen LogP contribution in [0.2, 0.25) is 0 Å². The van der Waals surface area contributed by atoms with Crippen molar-refractivity contribution < 1.29 is 0 Å². The molecule has 1 saturated heterocycles. The van der Waals surface area contributed by atoms with Crippen molar-refractivity contribution in [3.05, 3.63) is 66.6 Å². The molecule has 0 saturated carbocycles. The van der Waals surface area contributed by atoms with E-state index in [2.05, 4.69) is 47.3 Å². The minimum Gasteiger partial charge on any atom is -0.298 e. The fourth-order valence-corrected chi connectivity index (χ4v) is 4.20. The van der Waals surface area contributed by atoms with E-state index in [1.807, 2.05) is 46.0 Å². The fraction of sp³-hybridized carbons (Fsp3) is 0.391. The molecule has 5 rings (SSSR count). The van der Waals surface area contributed by atoms with Crippen LogP contribution in [0.4, 0.5) is 0 Å². The summed E-state index contributed by atoms with van der Waals surface area (Å²) in [6.07, 6.45) is 12.1. The third-order valence-electron chi connectivity index (χ3n) is 5.82. The average molecular weight is 402 g/mol. The van der Waals surface area contributed by atoms with Gasteiger partial charge in [-0.1, -0.05) is 0 Å². The van der Waals surface area contributed by atoms with Crippen LogP contribution >= 0.6 is 0 Å². The lowest BCUT2D eigenvalue weighted by Gasteiger charge is -2.30. The number of nitrogens with zero attached hydrogens (tertiary/aromatic N) is 7. The molecule has 7 heteroatoms. The average Bonchev–Trinajstić information content (AvgIpc) is 3.41. The number of likely N-dealkylation sites (tertiary alicyclic amines) is 1. The van der Waals surface area contributed by atoms with Crippen molar-refractivity contribution in [3.8, 4) is 11.1 Å². The van der Waals surface area contributed by atoms with Crippen molar-refractivity contribution in [1.29, 1.82) is 0 Å². The van der Waals surface area contributed by atoms with Gasteiger partial charge in [0.05, 0.1) is 6.20 Å². The van der Waals surface area contributed by atoms with Gasteiger partial charge in [0.25, 0.3) is 0 Å². The van der Waals surface area contributed by atoms with E-state index in [4.69, 9.17) is 10.1 Å². The SMILES string of the molecule is CC(C)n1cc(CN2CCC[C@H](c3nc4ccc(-c5ccncc5)cn4n3)C2)cn1. The van der Waals surface area contributed by atoms with E-state index < -0.39 is 0 Å². The molecule has 4 aromatic rings. The summed E-state index contributed by atoms with van der Waals surface area (Å²) in [6.45, 7) is 7.35. The van der Waals surface area contributed by atoms with Crippen molar-refractivity contribution in [3.63, 3.8) is 0 Å². The molecule has 0 aromatic carbocycles. The molecular weight excluding hydrogens is 374 g/mol. The van der Waals surface area contributed by atoms with Crippen LogP contribution in [0.5, 0.6) is 0 Å². The number of fused-ring (bicyclic) bond motifs is 1. The van der Waals surface area contributed by atoms with Gasteiger partial charge < -0.3 is 0 Å². The smallest absolute Gasteiger partial charge is 0.156 e. The van der Waals surface area contributed by atoms with Gasteiger partial charge in [0.1, 0.15) is 0 Å². The predicted molar refractivity (Wildman–Crippen MR) is 116 cm³/mol. The molecule has 0 radical (unpaired) electrons. The molecule has 1 atom stereocenters. The van der Waals surface area contributed by atoms with Crippen LogP contribution in [0, 0.1) is 0 Å². The highest BCUT2D eigenvalue weighted by Gasteiger charge is 2.25. The Kier molecular flexibility index (Phi) is 5.04. The number of rotatable bonds is 5. The Bertz CT molecular complexity index is 1130. The summed E-state index contributed by atoms with van der Waals surface area (Å²) < 4.78 is 3.94. The number of piperidine rings is 1. The Labute approximate surface area is 176 Å². The standard InChI is InChI=1S/C23H27N7/c1-17(2)29-14-18(12-25-29)13-28-11-3-4-21(15-28)23-26-22-6-5-20(16-30(22)27-23)19-7-9-24-10-8-19/h5-10,12,14,16-17,21H,3-4,11,13,15H2,1-2H3/t21-/m0/s1. The number of hydrogen-bond acceptors (Lipinski definition) is 5. The van der Waals surface area contributed by atoms with Crippen molar-refractivity contribution in [2.45, 2.75) is 45.2 Å². The van der Waals surface area contributed by atoms with Crippen molar-refractivity contribution >= 4 is 5.65 Å². The number of aromatic nitrogens is 6. The minimum atomic E-state index is 0.364. The molecule has 0 bridgehead atoms. The first-order valence-electron chi connectivity index (χ1n) is 10.7. The lowest BCUT2D eigenvalue weighted by atomic mass is 9.97. The molecule has 4 aromatic heterocycles. The van der Waals surface area contributed by atoms with Crippen molar-refractivity contribution in [2.24, 2.45) is 0 Å². The van der Waals surface area contributed by atoms with Gasteiger partial charge in [-0.2, -0.15) is 10.2 Å². The van der Waals surface area contributed by atoms with E-state index in [9.17, 15) is 0 Å². The van der Waals surface area contributed by atoms with E-state index in [1.54, 1.807) is 0 Å². The van der Waals surface area contributed by atoms with E-state index >= 15 is 0 Å². The molecule has 7 nitrogen and oxygen atoms in total. The second kappa shape index (κ2) is 7.99. The Hall–Kier alpha value is -3.06. The molecule has 154 valence electrons. The molecule has 0 amide bonds. The van der Waals surface area contributed by atoms with E-state index in [0.717, 1.165) is 48.7 Å². The summed E-state index contributed by atoms with van der Waals surface area (Å²) in [5.41, 5.74) is 4.43. The monoisotopic (exact) mass is 401 g/mol. The maximum absolute atomic E-state index is 4.84. The summed E-state index contributed by atoms with van der Waals surface area (Å²) >= 11 is 0. The summed E-state index contributed by atoms with van der Waals surface area (Å²) in [5.74, 6) is 1.31. The summed E-state index contributed by atoms with van der Waals surface area (Å²) in [6, 6.07) is 8.57. The van der Waals surface area contributed by atoms with Gasteiger partial charge in [-0.05, 0) is 63.1 Å². The maximum atomic E-state index is 4.84. The van der Waals surface area contributed by atoms with Crippen LogP contribution in [0.1, 0.15) is 50.0 Å². The highest BCUT2D eigenvalue weighted by molar-refractivity contribution is 5.63. The highest BCUT2D eigenvalue weighted by atomic mass is 15.3. The van der Waals surface area contributed by atoms with E-state index in [-0.39, 0.29) is 0 Å². The first kappa shape index (κ1) is 18.9. The quantitative estimate of drug-likeness (QED) is 0.507. The molecular formula is C23H27N7. The molecule has 5 heterocycles. The molecule has 1 aliphatic heterocycles. The van der Waals surface area contributed by atoms with Gasteiger partial charge in [-0.3, -0.25) is 14.6 Å². The maximum Gasteiger partial charge on any atom is 0.156 e. The Morgan fingerprint density at radius 1 is 1.07 bits per heavy atom. The van der Waals surface area contributed by atoms with Crippen molar-refractivity contribution in [1.82, 2.24) is 34.3 Å². The predicted octanol–water partition coefficient (Wildman–Crippen LogP) is 3.95. The molecule has 1 fully saturated rings. The van der Waals surface area contributed by atoms with E-state index in [0.29, 0.717) is 12.0 Å². The topological polar surface area (TPSA) is 64.1 Å². The molecule has 0 spiro atoms. The van der Waals surface area contributed by atoms with Crippen LogP contribution in [-0.4, -0.2) is 47.4 Å². The zero-order chi connectivity index (χ0) is 20.5. The van der Waals surface area contributed by atoms with Gasteiger partial charge in [0.15, 0.2) is 11.5 Å². The van der Waals surface area contributed by atoms with Gasteiger partial charge in [-0.25, -0.2) is 9.50 Å². The summed E-state index contributed by atoms with van der Waals surface area (Å²) in [4.78, 5) is 11.4. The summed E-state index contributed by atoms with van der Waals surface area (Å²) in [5, 5.41) is 9.32. The number of pyridine rings is 2. The Morgan fingerprint density at radius 3 is 2.73 bits per heavy atom. The molecule has 1 aliphatic rings. The second-order valence-corrected chi connectivity index (χ2v) is 8.42. The fourth-order valence-electron chi connectivity index (χ4n) is 4.20. The molecule has 0 unspecified atom stereocenters. The van der Waals surface area contributed by atoms with Crippen LogP contribution in [-0.2, 0) is 6.54 Å². The van der Waals surface area contributed by atoms with Crippen LogP contribution in [0.25, 0.3) is 16.8 Å². The first-order valence-corrected chi connectivity index (χ1v) is 10.7. The van der Waals surface area contributed by atoms with Gasteiger partial charge in [-0.15, -0.1) is 0 Å². The second-order valence-electron chi connectivity index (χ2n) is 8.42. The molecule has 0 aliphatic carbocycles. The lowest BCUT2D eigenvalue weighted by Crippen LogP contribution is -2.34. The normalized spacial score (nSPS) is 17.8. The number of hydrogen-bond donors (Lipinski definition) is 0. The van der Waals surface area contributed by atoms with Crippen LogP contribution in [0.3, 0.4) is 0 Å². The Morgan fingerprint density at radius 2 is 1.93 bits per heavy atom. The Balaban J connectivity index is 1.33. The third kappa shape index (κ3) is 3.85. The first-order chi connectivity index (χ1) is 14.7. The van der Waals surface area contributed by atoms with Crippen LogP contribution < -0.4 is 0 Å². The van der Waals surface area contributed by atoms with Crippen molar-refractivity contribution in [2.75, 3.05) is 13.1 Å². The third-order valence-corrected chi connectivity index (χ3v) is 5.82. The zero-order valence-corrected chi connectivity index (χ0v) is 17.5. The molecule has 30 heavy (non-hydrogen) atoms. The van der Waals surface area contributed by atoms with Gasteiger partial charge >= 0.3 is 0 Å². The summed E-state index contributed by atoms with van der Waals surface area (Å²) in [7, 11) is 0. The minimum absolute atomic E-state index is 0.364. The van der Waals surface area contributed by atoms with Crippen LogP contribution in [0.15, 0.2) is 55.2 Å². The molecule has 0 N–H and O–H groups in total. The van der Waals surface area contributed by atoms with Gasteiger partial charge in [0.2, 0.25) is 0 Å².